The summed E-state index contributed by atoms with van der Waals surface area (Å²) in [5.41, 5.74) is 0. The van der Waals surface area contributed by atoms with E-state index >= 15 is 0 Å². The normalized spacial score (nSPS) is 31.3. The minimum atomic E-state index is 0.871. The molecular weight excluding hydrogens is 216 g/mol. The van der Waals surface area contributed by atoms with Gasteiger partial charge in [-0.05, 0) is 55.3 Å². The van der Waals surface area contributed by atoms with Crippen molar-refractivity contribution in [2.75, 3.05) is 0 Å². The molecule has 0 spiro atoms. The highest BCUT2D eigenvalue weighted by molar-refractivity contribution is 4.76. The lowest BCUT2D eigenvalue weighted by molar-refractivity contribution is 0.282. The molecule has 108 valence electrons. The number of rotatable bonds is 6. The van der Waals surface area contributed by atoms with E-state index in [2.05, 4.69) is 34.6 Å². The van der Waals surface area contributed by atoms with Crippen molar-refractivity contribution in [3.8, 4) is 0 Å². The molecule has 18 heavy (non-hydrogen) atoms. The summed E-state index contributed by atoms with van der Waals surface area (Å²) in [5.74, 6) is 4.85. The minimum absolute atomic E-state index is 0.871. The van der Waals surface area contributed by atoms with Gasteiger partial charge in [-0.2, -0.15) is 0 Å². The van der Waals surface area contributed by atoms with Crippen LogP contribution in [0.1, 0.15) is 86.0 Å². The smallest absolute Gasteiger partial charge is 0.0409 e. The summed E-state index contributed by atoms with van der Waals surface area (Å²) in [6, 6.07) is 0. The Labute approximate surface area is 116 Å². The van der Waals surface area contributed by atoms with Gasteiger partial charge >= 0.3 is 0 Å². The van der Waals surface area contributed by atoms with Gasteiger partial charge in [-0.1, -0.05) is 60.3 Å². The Bertz CT molecular complexity index is 206. The Morgan fingerprint density at radius 2 is 1.72 bits per heavy atom. The van der Waals surface area contributed by atoms with E-state index in [0.717, 1.165) is 29.6 Å². The maximum atomic E-state index is 2.48. The summed E-state index contributed by atoms with van der Waals surface area (Å²) in [6.45, 7) is 12.0. The standard InChI is InChI=1S/C18H36/c1-6-7-17-11-15(4)8-9-18(13-17)12-16(5)10-14(2)3/h14-18H,6-13H2,1-5H3. The van der Waals surface area contributed by atoms with Gasteiger partial charge in [-0.15, -0.1) is 0 Å². The monoisotopic (exact) mass is 252 g/mol. The van der Waals surface area contributed by atoms with Crippen LogP contribution in [0.25, 0.3) is 0 Å². The molecule has 1 aliphatic rings. The van der Waals surface area contributed by atoms with E-state index in [1.165, 1.54) is 51.4 Å². The van der Waals surface area contributed by atoms with E-state index in [-0.39, 0.29) is 0 Å². The highest BCUT2D eigenvalue weighted by Gasteiger charge is 2.24. The van der Waals surface area contributed by atoms with Crippen molar-refractivity contribution in [1.82, 2.24) is 0 Å². The molecule has 1 rings (SSSR count). The van der Waals surface area contributed by atoms with E-state index in [4.69, 9.17) is 0 Å². The van der Waals surface area contributed by atoms with Crippen LogP contribution in [0.5, 0.6) is 0 Å². The fourth-order valence-electron chi connectivity index (χ4n) is 4.22. The summed E-state index contributed by atoms with van der Waals surface area (Å²) in [5, 5.41) is 0. The van der Waals surface area contributed by atoms with E-state index in [1.807, 2.05) is 0 Å². The highest BCUT2D eigenvalue weighted by atomic mass is 14.3. The second-order valence-electron chi connectivity index (χ2n) is 7.65. The minimum Gasteiger partial charge on any atom is -0.0654 e. The topological polar surface area (TPSA) is 0 Å². The van der Waals surface area contributed by atoms with Crippen molar-refractivity contribution in [3.05, 3.63) is 0 Å². The highest BCUT2D eigenvalue weighted by Crippen LogP contribution is 2.37. The van der Waals surface area contributed by atoms with Crippen LogP contribution in [0.4, 0.5) is 0 Å². The first kappa shape index (κ1) is 16.1. The molecule has 1 fully saturated rings. The predicted molar refractivity (Wildman–Crippen MR) is 82.8 cm³/mol. The lowest BCUT2D eigenvalue weighted by atomic mass is 9.82. The third-order valence-corrected chi connectivity index (χ3v) is 4.78. The van der Waals surface area contributed by atoms with Gasteiger partial charge in [0.15, 0.2) is 0 Å². The molecule has 0 N–H and O–H groups in total. The maximum Gasteiger partial charge on any atom is -0.0409 e. The van der Waals surface area contributed by atoms with Gasteiger partial charge in [0.2, 0.25) is 0 Å². The lowest BCUT2D eigenvalue weighted by Crippen LogP contribution is -2.11. The summed E-state index contributed by atoms with van der Waals surface area (Å²) in [6.07, 6.45) is 11.8. The Kier molecular flexibility index (Phi) is 7.34. The molecule has 0 radical (unpaired) electrons. The van der Waals surface area contributed by atoms with Gasteiger partial charge in [0.25, 0.3) is 0 Å². The average molecular weight is 252 g/mol. The molecule has 0 nitrogen and oxygen atoms in total. The van der Waals surface area contributed by atoms with Crippen molar-refractivity contribution < 1.29 is 0 Å². The fourth-order valence-corrected chi connectivity index (χ4v) is 4.22. The molecule has 0 aromatic carbocycles. The van der Waals surface area contributed by atoms with Crippen LogP contribution < -0.4 is 0 Å². The Morgan fingerprint density at radius 3 is 2.33 bits per heavy atom. The van der Waals surface area contributed by atoms with Crippen LogP contribution in [0.3, 0.4) is 0 Å². The number of hydrogen-bond donors (Lipinski definition) is 0. The quantitative estimate of drug-likeness (QED) is 0.486. The first-order valence-electron chi connectivity index (χ1n) is 8.51. The molecular formula is C18H36. The lowest BCUT2D eigenvalue weighted by Gasteiger charge is -2.23. The SMILES string of the molecule is CCCC1CC(C)CCC(CC(C)CC(C)C)C1. The van der Waals surface area contributed by atoms with E-state index in [0.29, 0.717) is 0 Å². The number of hydrogen-bond acceptors (Lipinski definition) is 0. The molecule has 0 bridgehead atoms. The summed E-state index contributed by atoms with van der Waals surface area (Å²) in [4.78, 5) is 0. The van der Waals surface area contributed by atoms with Crippen molar-refractivity contribution in [2.45, 2.75) is 86.0 Å². The first-order valence-corrected chi connectivity index (χ1v) is 8.51. The zero-order valence-corrected chi connectivity index (χ0v) is 13.5. The Balaban J connectivity index is 2.43. The fraction of sp³-hybridized carbons (Fsp3) is 1.00. The van der Waals surface area contributed by atoms with Crippen LogP contribution >= 0.6 is 0 Å². The van der Waals surface area contributed by atoms with Crippen molar-refractivity contribution in [2.24, 2.45) is 29.6 Å². The summed E-state index contributed by atoms with van der Waals surface area (Å²) >= 11 is 0. The molecule has 0 heteroatoms. The summed E-state index contributed by atoms with van der Waals surface area (Å²) < 4.78 is 0. The van der Waals surface area contributed by atoms with E-state index in [9.17, 15) is 0 Å². The van der Waals surface area contributed by atoms with Crippen LogP contribution in [0, 0.1) is 29.6 Å². The zero-order valence-electron chi connectivity index (χ0n) is 13.5. The summed E-state index contributed by atoms with van der Waals surface area (Å²) in [7, 11) is 0. The van der Waals surface area contributed by atoms with Gasteiger partial charge in [-0.25, -0.2) is 0 Å². The third-order valence-electron chi connectivity index (χ3n) is 4.78. The maximum absolute atomic E-state index is 2.48. The second-order valence-corrected chi connectivity index (χ2v) is 7.65. The molecule has 4 unspecified atom stereocenters. The van der Waals surface area contributed by atoms with E-state index in [1.54, 1.807) is 0 Å². The van der Waals surface area contributed by atoms with Gasteiger partial charge in [-0.3, -0.25) is 0 Å². The molecule has 1 saturated carbocycles. The van der Waals surface area contributed by atoms with Crippen LogP contribution in [-0.2, 0) is 0 Å². The van der Waals surface area contributed by atoms with Crippen LogP contribution in [0.2, 0.25) is 0 Å². The van der Waals surface area contributed by atoms with Gasteiger partial charge in [0.05, 0.1) is 0 Å². The molecule has 4 atom stereocenters. The second kappa shape index (κ2) is 8.23. The molecule has 1 aliphatic carbocycles. The van der Waals surface area contributed by atoms with Crippen molar-refractivity contribution >= 4 is 0 Å². The molecule has 0 saturated heterocycles. The van der Waals surface area contributed by atoms with Crippen LogP contribution in [0.15, 0.2) is 0 Å². The average Bonchev–Trinajstić information content (AvgIpc) is 2.40. The zero-order chi connectivity index (χ0) is 13.5. The van der Waals surface area contributed by atoms with Gasteiger partial charge in [0.1, 0.15) is 0 Å². The molecule has 0 heterocycles. The van der Waals surface area contributed by atoms with Gasteiger partial charge < -0.3 is 0 Å². The molecule has 0 aromatic rings. The molecule has 0 amide bonds. The third kappa shape index (κ3) is 6.25. The first-order chi connectivity index (χ1) is 8.51. The van der Waals surface area contributed by atoms with Crippen LogP contribution in [-0.4, -0.2) is 0 Å². The predicted octanol–water partition coefficient (Wildman–Crippen LogP) is 6.30. The Morgan fingerprint density at radius 1 is 1.00 bits per heavy atom. The Hall–Kier alpha value is 0. The van der Waals surface area contributed by atoms with E-state index < -0.39 is 0 Å². The van der Waals surface area contributed by atoms with Crippen molar-refractivity contribution in [3.63, 3.8) is 0 Å². The van der Waals surface area contributed by atoms with Crippen molar-refractivity contribution in [1.29, 1.82) is 0 Å². The molecule has 0 aliphatic heterocycles. The largest absolute Gasteiger partial charge is 0.0654 e. The van der Waals surface area contributed by atoms with Gasteiger partial charge in [0, 0.05) is 0 Å². The molecule has 0 aromatic heterocycles.